The second kappa shape index (κ2) is 7.31. The van der Waals surface area contributed by atoms with Crippen LogP contribution in [0.5, 0.6) is 5.75 Å². The zero-order chi connectivity index (χ0) is 11.8. The molecular weight excluding hydrogens is 222 g/mol. The lowest BCUT2D eigenvalue weighted by Crippen LogP contribution is -2.19. The summed E-state index contributed by atoms with van der Waals surface area (Å²) in [7, 11) is 1.68. The van der Waals surface area contributed by atoms with E-state index >= 15 is 0 Å². The van der Waals surface area contributed by atoms with Crippen LogP contribution in [0.2, 0.25) is 0 Å². The van der Waals surface area contributed by atoms with Crippen LogP contribution in [0.15, 0.2) is 35.4 Å². The van der Waals surface area contributed by atoms with Crippen molar-refractivity contribution in [3.05, 3.63) is 40.9 Å². The van der Waals surface area contributed by atoms with Gasteiger partial charge >= 0.3 is 0 Å². The van der Waals surface area contributed by atoms with E-state index in [-0.39, 0.29) is 0 Å². The van der Waals surface area contributed by atoms with Gasteiger partial charge in [0.05, 0.1) is 7.11 Å². The summed E-state index contributed by atoms with van der Waals surface area (Å²) >= 11 is 5.57. The first-order valence-corrected chi connectivity index (χ1v) is 5.79. The quantitative estimate of drug-likeness (QED) is 0.771. The molecule has 0 atom stereocenters. The van der Waals surface area contributed by atoms with Gasteiger partial charge in [-0.25, -0.2) is 0 Å². The molecule has 0 aliphatic carbocycles. The lowest BCUT2D eigenvalue weighted by molar-refractivity contribution is 0.414. The van der Waals surface area contributed by atoms with Gasteiger partial charge in [0, 0.05) is 12.1 Å². The zero-order valence-electron chi connectivity index (χ0n) is 9.79. The summed E-state index contributed by atoms with van der Waals surface area (Å²) in [5.74, 6) is 0.901. The van der Waals surface area contributed by atoms with Gasteiger partial charge in [-0.1, -0.05) is 23.7 Å². The summed E-state index contributed by atoms with van der Waals surface area (Å²) < 4.78 is 5.10. The molecule has 1 N–H and O–H groups in total. The molecule has 0 bridgehead atoms. The summed E-state index contributed by atoms with van der Waals surface area (Å²) in [5.41, 5.74) is 4.07. The Balaban J connectivity index is 2.26. The van der Waals surface area contributed by atoms with Crippen LogP contribution in [0.1, 0.15) is 12.5 Å². The van der Waals surface area contributed by atoms with E-state index in [1.807, 2.05) is 19.1 Å². The molecular formula is C13H18ClNO. The molecule has 1 aromatic rings. The van der Waals surface area contributed by atoms with E-state index in [9.17, 15) is 0 Å². The standard InChI is InChI=1S/C13H18ClNO/c1-11(9-14)10-15-8-7-12-3-5-13(16-2)6-4-12/h3-6,9,15H,7-8,10H2,1-2H3/b11-9+. The van der Waals surface area contributed by atoms with Crippen molar-refractivity contribution < 1.29 is 4.74 Å². The van der Waals surface area contributed by atoms with Crippen LogP contribution >= 0.6 is 11.6 Å². The fourth-order valence-electron chi connectivity index (χ4n) is 1.35. The van der Waals surface area contributed by atoms with Crippen LogP contribution in [0, 0.1) is 0 Å². The third-order valence-electron chi connectivity index (χ3n) is 2.34. The lowest BCUT2D eigenvalue weighted by atomic mass is 10.1. The molecule has 1 aromatic carbocycles. The monoisotopic (exact) mass is 239 g/mol. The van der Waals surface area contributed by atoms with Crippen LogP contribution in [-0.4, -0.2) is 20.2 Å². The molecule has 2 nitrogen and oxygen atoms in total. The summed E-state index contributed by atoms with van der Waals surface area (Å²) in [6.07, 6.45) is 1.01. The highest BCUT2D eigenvalue weighted by Gasteiger charge is 1.94. The molecule has 0 saturated carbocycles. The van der Waals surface area contributed by atoms with Gasteiger partial charge in [0.1, 0.15) is 5.75 Å². The van der Waals surface area contributed by atoms with E-state index < -0.39 is 0 Å². The van der Waals surface area contributed by atoms with Gasteiger partial charge in [0.25, 0.3) is 0 Å². The summed E-state index contributed by atoms with van der Waals surface area (Å²) in [5, 5.41) is 3.33. The predicted molar refractivity (Wildman–Crippen MR) is 69.2 cm³/mol. The van der Waals surface area contributed by atoms with Gasteiger partial charge in [-0.2, -0.15) is 0 Å². The predicted octanol–water partition coefficient (Wildman–Crippen LogP) is 2.97. The van der Waals surface area contributed by atoms with Crippen molar-refractivity contribution >= 4 is 11.6 Å². The Morgan fingerprint density at radius 2 is 2.06 bits per heavy atom. The van der Waals surface area contributed by atoms with Crippen molar-refractivity contribution in [1.82, 2.24) is 5.32 Å². The molecule has 16 heavy (non-hydrogen) atoms. The number of hydrogen-bond donors (Lipinski definition) is 1. The molecule has 0 aliphatic rings. The molecule has 0 radical (unpaired) electrons. The Bertz CT molecular complexity index is 332. The second-order valence-corrected chi connectivity index (χ2v) is 3.95. The zero-order valence-corrected chi connectivity index (χ0v) is 10.6. The maximum absolute atomic E-state index is 5.57. The minimum atomic E-state index is 0.847. The summed E-state index contributed by atoms with van der Waals surface area (Å²) in [4.78, 5) is 0. The highest BCUT2D eigenvalue weighted by Crippen LogP contribution is 2.11. The molecule has 0 aromatic heterocycles. The maximum atomic E-state index is 5.57. The highest BCUT2D eigenvalue weighted by molar-refractivity contribution is 6.25. The number of halogens is 1. The first kappa shape index (κ1) is 13.1. The van der Waals surface area contributed by atoms with Crippen LogP contribution < -0.4 is 10.1 Å². The van der Waals surface area contributed by atoms with E-state index in [1.165, 1.54) is 5.56 Å². The average Bonchev–Trinajstić information content (AvgIpc) is 2.35. The van der Waals surface area contributed by atoms with E-state index in [0.717, 1.165) is 30.8 Å². The minimum Gasteiger partial charge on any atom is -0.497 e. The number of benzene rings is 1. The fourth-order valence-corrected chi connectivity index (χ4v) is 1.43. The van der Waals surface area contributed by atoms with Gasteiger partial charge in [-0.15, -0.1) is 0 Å². The molecule has 3 heteroatoms. The van der Waals surface area contributed by atoms with Gasteiger partial charge in [0.2, 0.25) is 0 Å². The topological polar surface area (TPSA) is 21.3 Å². The van der Waals surface area contributed by atoms with Crippen molar-refractivity contribution in [1.29, 1.82) is 0 Å². The first-order valence-electron chi connectivity index (χ1n) is 5.35. The minimum absolute atomic E-state index is 0.847. The van der Waals surface area contributed by atoms with Gasteiger partial charge in [0.15, 0.2) is 0 Å². The molecule has 0 unspecified atom stereocenters. The fraction of sp³-hybridized carbons (Fsp3) is 0.385. The Morgan fingerprint density at radius 1 is 1.38 bits per heavy atom. The molecule has 0 aliphatic heterocycles. The number of hydrogen-bond acceptors (Lipinski definition) is 2. The summed E-state index contributed by atoms with van der Waals surface area (Å²) in [6, 6.07) is 8.15. The van der Waals surface area contributed by atoms with E-state index in [2.05, 4.69) is 17.4 Å². The SMILES string of the molecule is COc1ccc(CCNC/C(C)=C/Cl)cc1. The van der Waals surface area contributed by atoms with Crippen molar-refractivity contribution in [2.24, 2.45) is 0 Å². The average molecular weight is 240 g/mol. The largest absolute Gasteiger partial charge is 0.497 e. The smallest absolute Gasteiger partial charge is 0.118 e. The summed E-state index contributed by atoms with van der Waals surface area (Å²) in [6.45, 7) is 3.81. The number of rotatable bonds is 6. The second-order valence-electron chi connectivity index (χ2n) is 3.73. The van der Waals surface area contributed by atoms with Gasteiger partial charge in [-0.3, -0.25) is 0 Å². The van der Waals surface area contributed by atoms with Crippen molar-refractivity contribution in [2.75, 3.05) is 20.2 Å². The third kappa shape index (κ3) is 4.69. The number of nitrogens with one attached hydrogen (secondary N) is 1. The Hall–Kier alpha value is -0.990. The van der Waals surface area contributed by atoms with Crippen LogP contribution in [-0.2, 0) is 6.42 Å². The molecule has 0 fully saturated rings. The van der Waals surface area contributed by atoms with Crippen LogP contribution in [0.4, 0.5) is 0 Å². The molecule has 0 saturated heterocycles. The Labute approximate surface area is 102 Å². The van der Waals surface area contributed by atoms with Gasteiger partial charge in [-0.05, 0) is 43.2 Å². The molecule has 0 amide bonds. The van der Waals surface area contributed by atoms with Crippen molar-refractivity contribution in [2.45, 2.75) is 13.3 Å². The molecule has 0 spiro atoms. The van der Waals surface area contributed by atoms with Crippen molar-refractivity contribution in [3.8, 4) is 5.75 Å². The maximum Gasteiger partial charge on any atom is 0.118 e. The lowest BCUT2D eigenvalue weighted by Gasteiger charge is -2.05. The van der Waals surface area contributed by atoms with E-state index in [0.29, 0.717) is 0 Å². The van der Waals surface area contributed by atoms with E-state index in [1.54, 1.807) is 12.6 Å². The number of methoxy groups -OCH3 is 1. The highest BCUT2D eigenvalue weighted by atomic mass is 35.5. The third-order valence-corrected chi connectivity index (χ3v) is 2.71. The first-order chi connectivity index (χ1) is 7.76. The van der Waals surface area contributed by atoms with Crippen LogP contribution in [0.3, 0.4) is 0 Å². The van der Waals surface area contributed by atoms with Gasteiger partial charge < -0.3 is 10.1 Å². The molecule has 1 rings (SSSR count). The Morgan fingerprint density at radius 3 is 2.62 bits per heavy atom. The normalized spacial score (nSPS) is 11.6. The number of ether oxygens (including phenoxy) is 1. The van der Waals surface area contributed by atoms with E-state index in [4.69, 9.17) is 16.3 Å². The molecule has 0 heterocycles. The Kier molecular flexibility index (Phi) is 5.98. The molecule has 88 valence electrons. The van der Waals surface area contributed by atoms with Crippen LogP contribution in [0.25, 0.3) is 0 Å². The van der Waals surface area contributed by atoms with Crippen molar-refractivity contribution in [3.63, 3.8) is 0 Å².